The number of nitrogens with two attached hydrogens (primary N) is 1. The second kappa shape index (κ2) is 3.40. The van der Waals surface area contributed by atoms with Crippen LogP contribution in [0, 0.1) is 5.41 Å². The zero-order chi connectivity index (χ0) is 12.9. The van der Waals surface area contributed by atoms with Gasteiger partial charge in [0.2, 0.25) is 0 Å². The first-order valence-electron chi connectivity index (χ1n) is 5.31. The van der Waals surface area contributed by atoms with Crippen molar-refractivity contribution >= 4 is 28.4 Å². The molecular weight excluding hydrogens is 230 g/mol. The SMILES string of the molecule is N=C1N=C(N)c2cc3ccc(C(=O)O)cc3cc21. The number of aromatic carboxylic acids is 1. The minimum atomic E-state index is -0.969. The molecule has 88 valence electrons. The van der Waals surface area contributed by atoms with Crippen LogP contribution in [0.5, 0.6) is 0 Å². The lowest BCUT2D eigenvalue weighted by Gasteiger charge is -2.04. The van der Waals surface area contributed by atoms with E-state index in [0.29, 0.717) is 11.4 Å². The summed E-state index contributed by atoms with van der Waals surface area (Å²) in [5, 5.41) is 18.3. The second-order valence-corrected chi connectivity index (χ2v) is 4.11. The van der Waals surface area contributed by atoms with E-state index in [1.165, 1.54) is 0 Å². The lowest BCUT2D eigenvalue weighted by molar-refractivity contribution is 0.0697. The third-order valence-electron chi connectivity index (χ3n) is 2.99. The number of nitrogens with zero attached hydrogens (tertiary/aromatic N) is 1. The molecule has 0 spiro atoms. The molecule has 5 nitrogen and oxygen atoms in total. The lowest BCUT2D eigenvalue weighted by Crippen LogP contribution is -2.10. The van der Waals surface area contributed by atoms with Crippen LogP contribution in [0.15, 0.2) is 35.3 Å². The fourth-order valence-corrected chi connectivity index (χ4v) is 2.08. The van der Waals surface area contributed by atoms with Gasteiger partial charge in [0.1, 0.15) is 5.84 Å². The van der Waals surface area contributed by atoms with E-state index < -0.39 is 5.97 Å². The Labute approximate surface area is 102 Å². The van der Waals surface area contributed by atoms with Crippen molar-refractivity contribution in [1.29, 1.82) is 5.41 Å². The monoisotopic (exact) mass is 239 g/mol. The van der Waals surface area contributed by atoms with Gasteiger partial charge in [-0.15, -0.1) is 0 Å². The smallest absolute Gasteiger partial charge is 0.335 e. The number of hydrogen-bond acceptors (Lipinski definition) is 3. The van der Waals surface area contributed by atoms with Gasteiger partial charge in [-0.3, -0.25) is 5.41 Å². The summed E-state index contributed by atoms with van der Waals surface area (Å²) in [6, 6.07) is 8.44. The molecule has 2 aromatic carbocycles. The van der Waals surface area contributed by atoms with E-state index in [2.05, 4.69) is 4.99 Å². The molecule has 4 N–H and O–H groups in total. The normalized spacial score (nSPS) is 13.6. The topological polar surface area (TPSA) is 99.5 Å². The molecule has 1 heterocycles. The molecule has 0 fully saturated rings. The van der Waals surface area contributed by atoms with Gasteiger partial charge >= 0.3 is 5.97 Å². The Morgan fingerprint density at radius 3 is 2.61 bits per heavy atom. The fraction of sp³-hybridized carbons (Fsp3) is 0. The van der Waals surface area contributed by atoms with Gasteiger partial charge in [-0.2, -0.15) is 0 Å². The van der Waals surface area contributed by atoms with Crippen LogP contribution in [0.25, 0.3) is 10.8 Å². The van der Waals surface area contributed by atoms with Crippen molar-refractivity contribution in [1.82, 2.24) is 0 Å². The summed E-state index contributed by atoms with van der Waals surface area (Å²) in [7, 11) is 0. The van der Waals surface area contributed by atoms with Gasteiger partial charge in [-0.05, 0) is 35.0 Å². The van der Waals surface area contributed by atoms with Crippen LogP contribution in [0.1, 0.15) is 21.5 Å². The molecule has 0 saturated heterocycles. The third-order valence-corrected chi connectivity index (χ3v) is 2.99. The molecule has 2 aromatic rings. The Kier molecular flexibility index (Phi) is 1.98. The highest BCUT2D eigenvalue weighted by Gasteiger charge is 2.19. The average molecular weight is 239 g/mol. The van der Waals surface area contributed by atoms with E-state index in [9.17, 15) is 4.79 Å². The largest absolute Gasteiger partial charge is 0.478 e. The molecule has 0 aliphatic carbocycles. The van der Waals surface area contributed by atoms with Gasteiger partial charge in [0.15, 0.2) is 5.84 Å². The van der Waals surface area contributed by atoms with Crippen molar-refractivity contribution in [3.63, 3.8) is 0 Å². The molecule has 1 aliphatic heterocycles. The highest BCUT2D eigenvalue weighted by atomic mass is 16.4. The second-order valence-electron chi connectivity index (χ2n) is 4.11. The van der Waals surface area contributed by atoms with E-state index in [-0.39, 0.29) is 11.4 Å². The Bertz CT molecular complexity index is 747. The van der Waals surface area contributed by atoms with Crippen LogP contribution in [-0.4, -0.2) is 22.7 Å². The molecule has 0 amide bonds. The minimum absolute atomic E-state index is 0.116. The van der Waals surface area contributed by atoms with Crippen molar-refractivity contribution in [2.24, 2.45) is 10.7 Å². The Morgan fingerprint density at radius 1 is 1.17 bits per heavy atom. The van der Waals surface area contributed by atoms with E-state index >= 15 is 0 Å². The van der Waals surface area contributed by atoms with Gasteiger partial charge in [0, 0.05) is 11.1 Å². The minimum Gasteiger partial charge on any atom is -0.478 e. The first-order chi connectivity index (χ1) is 8.56. The predicted molar refractivity (Wildman–Crippen MR) is 68.5 cm³/mol. The van der Waals surface area contributed by atoms with Gasteiger partial charge < -0.3 is 10.8 Å². The first-order valence-corrected chi connectivity index (χ1v) is 5.31. The molecule has 0 aromatic heterocycles. The molecule has 0 unspecified atom stereocenters. The fourth-order valence-electron chi connectivity index (χ4n) is 2.08. The number of rotatable bonds is 1. The lowest BCUT2D eigenvalue weighted by atomic mass is 10.00. The number of fused-ring (bicyclic) bond motifs is 2. The van der Waals surface area contributed by atoms with E-state index in [1.54, 1.807) is 24.3 Å². The van der Waals surface area contributed by atoms with Crippen LogP contribution in [0.2, 0.25) is 0 Å². The summed E-state index contributed by atoms with van der Waals surface area (Å²) >= 11 is 0. The quantitative estimate of drug-likeness (QED) is 0.704. The maximum atomic E-state index is 10.9. The predicted octanol–water partition coefficient (Wildman–Crippen LogP) is 1.58. The zero-order valence-electron chi connectivity index (χ0n) is 9.27. The summed E-state index contributed by atoms with van der Waals surface area (Å²) in [6.45, 7) is 0. The highest BCUT2D eigenvalue weighted by Crippen LogP contribution is 2.25. The van der Waals surface area contributed by atoms with E-state index in [4.69, 9.17) is 16.2 Å². The molecule has 0 saturated carbocycles. The summed E-state index contributed by atoms with van der Waals surface area (Å²) in [6.07, 6.45) is 0. The van der Waals surface area contributed by atoms with Gasteiger partial charge in [0.05, 0.1) is 5.56 Å². The molecule has 0 bridgehead atoms. The summed E-state index contributed by atoms with van der Waals surface area (Å²) in [5.41, 5.74) is 7.32. The van der Waals surface area contributed by atoms with E-state index in [1.807, 2.05) is 6.07 Å². The number of nitrogens with one attached hydrogen (secondary N) is 1. The first kappa shape index (κ1) is 10.5. The van der Waals surface area contributed by atoms with Crippen LogP contribution >= 0.6 is 0 Å². The van der Waals surface area contributed by atoms with Crippen molar-refractivity contribution in [2.75, 3.05) is 0 Å². The van der Waals surface area contributed by atoms with Gasteiger partial charge in [-0.25, -0.2) is 9.79 Å². The molecule has 5 heteroatoms. The van der Waals surface area contributed by atoms with Gasteiger partial charge in [-0.1, -0.05) is 6.07 Å². The van der Waals surface area contributed by atoms with Crippen molar-refractivity contribution in [3.8, 4) is 0 Å². The average Bonchev–Trinajstić information content (AvgIpc) is 2.61. The molecular formula is C13H9N3O2. The number of hydrogen-bond donors (Lipinski definition) is 3. The summed E-state index contributed by atoms with van der Waals surface area (Å²) in [4.78, 5) is 14.8. The number of benzene rings is 2. The van der Waals surface area contributed by atoms with Crippen LogP contribution < -0.4 is 5.73 Å². The van der Waals surface area contributed by atoms with Crippen LogP contribution in [0.4, 0.5) is 0 Å². The molecule has 0 radical (unpaired) electrons. The van der Waals surface area contributed by atoms with Crippen molar-refractivity contribution in [3.05, 3.63) is 47.0 Å². The molecule has 3 rings (SSSR count). The number of aliphatic imine (C=N–C) groups is 1. The summed E-state index contributed by atoms with van der Waals surface area (Å²) in [5.74, 6) is -0.521. The van der Waals surface area contributed by atoms with Crippen LogP contribution in [-0.2, 0) is 0 Å². The van der Waals surface area contributed by atoms with Crippen molar-refractivity contribution < 1.29 is 9.90 Å². The Hall–Kier alpha value is -2.69. The third kappa shape index (κ3) is 1.37. The number of carbonyl (C=O) groups is 1. The van der Waals surface area contributed by atoms with Crippen LogP contribution in [0.3, 0.4) is 0 Å². The highest BCUT2D eigenvalue weighted by molar-refractivity contribution is 6.22. The molecule has 1 aliphatic rings. The Morgan fingerprint density at radius 2 is 1.89 bits per heavy atom. The Balaban J connectivity index is 2.30. The maximum absolute atomic E-state index is 10.9. The van der Waals surface area contributed by atoms with E-state index in [0.717, 1.165) is 16.3 Å². The van der Waals surface area contributed by atoms with Gasteiger partial charge in [0.25, 0.3) is 0 Å². The van der Waals surface area contributed by atoms with Crippen molar-refractivity contribution in [2.45, 2.75) is 0 Å². The number of carboxylic acids is 1. The standard InChI is InChI=1S/C13H9N3O2/c14-11-9-4-6-1-2-7(13(17)18)3-8(6)5-10(9)12(15)16-11/h1-5H,(H,17,18)(H3,14,15,16). The number of carboxylic acid groups (broad SMARTS) is 1. The molecule has 0 atom stereocenters. The molecule has 18 heavy (non-hydrogen) atoms. The number of amidine groups is 2. The zero-order valence-corrected chi connectivity index (χ0v) is 9.27. The summed E-state index contributed by atoms with van der Waals surface area (Å²) < 4.78 is 0. The maximum Gasteiger partial charge on any atom is 0.335 e.